The maximum atomic E-state index is 11.8. The zero-order chi connectivity index (χ0) is 13.7. The number of aryl methyl sites for hydroxylation is 1. The van der Waals surface area contributed by atoms with Gasteiger partial charge in [-0.15, -0.1) is 0 Å². The molecule has 0 fully saturated rings. The van der Waals surface area contributed by atoms with Crippen LogP contribution in [0.2, 0.25) is 5.02 Å². The van der Waals surface area contributed by atoms with Crippen molar-refractivity contribution in [3.63, 3.8) is 0 Å². The second kappa shape index (κ2) is 6.21. The number of rotatable bonds is 5. The Bertz CT molecular complexity index is 506. The lowest BCUT2D eigenvalue weighted by Gasteiger charge is -2.10. The molecule has 1 N–H and O–H groups in total. The van der Waals surface area contributed by atoms with E-state index < -0.39 is 11.8 Å². The summed E-state index contributed by atoms with van der Waals surface area (Å²) >= 11 is 5.94. The molecule has 5 heteroatoms. The van der Waals surface area contributed by atoms with E-state index in [-0.39, 0.29) is 5.56 Å². The second-order valence-corrected chi connectivity index (χ2v) is 3.97. The average molecular weight is 269 g/mol. The van der Waals surface area contributed by atoms with Gasteiger partial charge in [-0.3, -0.25) is 4.79 Å². The number of benzene rings is 1. The van der Waals surface area contributed by atoms with Gasteiger partial charge in [-0.1, -0.05) is 11.6 Å². The Balaban J connectivity index is 3.17. The maximum absolute atomic E-state index is 11.8. The van der Waals surface area contributed by atoms with Crippen molar-refractivity contribution in [2.45, 2.75) is 13.8 Å². The lowest BCUT2D eigenvalue weighted by Crippen LogP contribution is -2.03. The van der Waals surface area contributed by atoms with E-state index >= 15 is 0 Å². The molecule has 4 nitrogen and oxygen atoms in total. The van der Waals surface area contributed by atoms with Crippen LogP contribution in [0, 0.1) is 6.92 Å². The zero-order valence-corrected chi connectivity index (χ0v) is 10.8. The third kappa shape index (κ3) is 3.60. The third-order valence-electron chi connectivity index (χ3n) is 2.20. The number of aliphatic carboxylic acids is 1. The smallest absolute Gasteiger partial charge is 0.328 e. The first-order valence-electron chi connectivity index (χ1n) is 5.34. The van der Waals surface area contributed by atoms with Crippen LogP contribution in [0.1, 0.15) is 22.8 Å². The van der Waals surface area contributed by atoms with Crippen molar-refractivity contribution in [3.05, 3.63) is 40.4 Å². The van der Waals surface area contributed by atoms with E-state index in [1.165, 1.54) is 6.07 Å². The Labute approximate surface area is 110 Å². The van der Waals surface area contributed by atoms with E-state index in [1.54, 1.807) is 19.9 Å². The number of halogens is 1. The molecule has 0 unspecified atom stereocenters. The van der Waals surface area contributed by atoms with Gasteiger partial charge in [0.1, 0.15) is 5.75 Å². The number of carbonyl (C=O) groups is 2. The highest BCUT2D eigenvalue weighted by atomic mass is 35.5. The molecule has 0 atom stereocenters. The molecule has 0 radical (unpaired) electrons. The molecule has 1 rings (SSSR count). The molecule has 0 aliphatic carbocycles. The number of carbonyl (C=O) groups excluding carboxylic acids is 1. The number of hydrogen-bond acceptors (Lipinski definition) is 3. The van der Waals surface area contributed by atoms with E-state index in [1.807, 2.05) is 0 Å². The highest BCUT2D eigenvalue weighted by Gasteiger charge is 2.13. The first-order chi connectivity index (χ1) is 8.45. The van der Waals surface area contributed by atoms with Gasteiger partial charge in [-0.2, -0.15) is 0 Å². The predicted molar refractivity (Wildman–Crippen MR) is 68.5 cm³/mol. The summed E-state index contributed by atoms with van der Waals surface area (Å²) in [7, 11) is 0. The van der Waals surface area contributed by atoms with Gasteiger partial charge in [0.25, 0.3) is 0 Å². The normalized spacial score (nSPS) is 10.6. The minimum Gasteiger partial charge on any atom is -0.493 e. The van der Waals surface area contributed by atoms with Crippen LogP contribution >= 0.6 is 11.6 Å². The summed E-state index contributed by atoms with van der Waals surface area (Å²) in [5, 5.41) is 8.92. The van der Waals surface area contributed by atoms with Crippen molar-refractivity contribution in [1.82, 2.24) is 0 Å². The summed E-state index contributed by atoms with van der Waals surface area (Å²) in [6, 6.07) is 3.14. The summed E-state index contributed by atoms with van der Waals surface area (Å²) in [5.41, 5.74) is 1.05. The van der Waals surface area contributed by atoms with E-state index in [9.17, 15) is 9.59 Å². The largest absolute Gasteiger partial charge is 0.493 e. The van der Waals surface area contributed by atoms with Crippen LogP contribution in [-0.2, 0) is 4.79 Å². The highest BCUT2D eigenvalue weighted by molar-refractivity contribution is 6.32. The van der Waals surface area contributed by atoms with Gasteiger partial charge < -0.3 is 9.84 Å². The topological polar surface area (TPSA) is 63.6 Å². The maximum Gasteiger partial charge on any atom is 0.328 e. The van der Waals surface area contributed by atoms with Crippen molar-refractivity contribution in [3.8, 4) is 5.75 Å². The van der Waals surface area contributed by atoms with E-state index in [0.29, 0.717) is 17.4 Å². The number of ketones is 1. The van der Waals surface area contributed by atoms with Crippen LogP contribution in [0.3, 0.4) is 0 Å². The molecular formula is C13H13ClO4. The van der Waals surface area contributed by atoms with Crippen molar-refractivity contribution < 1.29 is 19.4 Å². The molecule has 0 bridgehead atoms. The van der Waals surface area contributed by atoms with Crippen LogP contribution in [0.5, 0.6) is 5.75 Å². The zero-order valence-electron chi connectivity index (χ0n) is 10.1. The molecule has 0 saturated heterocycles. The van der Waals surface area contributed by atoms with Gasteiger partial charge >= 0.3 is 5.97 Å². The lowest BCUT2D eigenvalue weighted by molar-refractivity contribution is -0.131. The van der Waals surface area contributed by atoms with Gasteiger partial charge in [-0.25, -0.2) is 4.79 Å². The van der Waals surface area contributed by atoms with Crippen LogP contribution in [0.15, 0.2) is 24.3 Å². The summed E-state index contributed by atoms with van der Waals surface area (Å²) in [6.45, 7) is 4.00. The fourth-order valence-corrected chi connectivity index (χ4v) is 1.52. The molecule has 0 aliphatic heterocycles. The molecule has 0 heterocycles. The average Bonchev–Trinajstić information content (AvgIpc) is 2.30. The lowest BCUT2D eigenvalue weighted by atomic mass is 10.1. The minimum atomic E-state index is -1.18. The molecule has 0 spiro atoms. The van der Waals surface area contributed by atoms with Crippen molar-refractivity contribution in [1.29, 1.82) is 0 Å². The predicted octanol–water partition coefficient (Wildman–Crippen LogP) is 2.87. The van der Waals surface area contributed by atoms with Crippen molar-refractivity contribution in [2.24, 2.45) is 0 Å². The number of carboxylic acid groups (broad SMARTS) is 1. The Morgan fingerprint density at radius 2 is 2.06 bits per heavy atom. The first kappa shape index (κ1) is 14.3. The highest BCUT2D eigenvalue weighted by Crippen LogP contribution is 2.27. The Hall–Kier alpha value is -1.81. The fraction of sp³-hybridized carbons (Fsp3) is 0.231. The van der Waals surface area contributed by atoms with Gasteiger partial charge in [0.15, 0.2) is 5.78 Å². The quantitative estimate of drug-likeness (QED) is 0.659. The molecular weight excluding hydrogens is 256 g/mol. The van der Waals surface area contributed by atoms with Crippen molar-refractivity contribution >= 4 is 23.4 Å². The molecule has 18 heavy (non-hydrogen) atoms. The number of carboxylic acids is 1. The molecule has 1 aromatic rings. The van der Waals surface area contributed by atoms with Gasteiger partial charge in [0.2, 0.25) is 0 Å². The van der Waals surface area contributed by atoms with Gasteiger partial charge in [0.05, 0.1) is 12.2 Å². The van der Waals surface area contributed by atoms with Gasteiger partial charge in [0, 0.05) is 11.1 Å². The standard InChI is InChI=1S/C13H13ClO4/c1-3-18-12-6-8(2)10(14)7-9(12)11(15)4-5-13(16)17/h4-7H,3H2,1-2H3,(H,16,17)/b5-4+. The minimum absolute atomic E-state index is 0.255. The first-order valence-corrected chi connectivity index (χ1v) is 5.71. The molecule has 0 saturated carbocycles. The SMILES string of the molecule is CCOc1cc(C)c(Cl)cc1C(=O)/C=C/C(=O)O. The Morgan fingerprint density at radius 3 is 2.61 bits per heavy atom. The molecule has 0 aromatic heterocycles. The van der Waals surface area contributed by atoms with E-state index in [2.05, 4.69) is 0 Å². The molecule has 96 valence electrons. The van der Waals surface area contributed by atoms with Crippen molar-refractivity contribution in [2.75, 3.05) is 6.61 Å². The summed E-state index contributed by atoms with van der Waals surface area (Å²) in [6.07, 6.45) is 1.76. The van der Waals surface area contributed by atoms with Crippen LogP contribution in [-0.4, -0.2) is 23.5 Å². The number of allylic oxidation sites excluding steroid dienone is 1. The van der Waals surface area contributed by atoms with E-state index in [0.717, 1.165) is 17.7 Å². The van der Waals surface area contributed by atoms with Crippen LogP contribution in [0.4, 0.5) is 0 Å². The molecule has 0 amide bonds. The number of ether oxygens (including phenoxy) is 1. The van der Waals surface area contributed by atoms with Crippen LogP contribution < -0.4 is 4.74 Å². The van der Waals surface area contributed by atoms with Crippen LogP contribution in [0.25, 0.3) is 0 Å². The number of hydrogen-bond donors (Lipinski definition) is 1. The monoisotopic (exact) mass is 268 g/mol. The second-order valence-electron chi connectivity index (χ2n) is 3.57. The summed E-state index contributed by atoms with van der Waals surface area (Å²) in [4.78, 5) is 22.2. The Kier molecular flexibility index (Phi) is 4.92. The van der Waals surface area contributed by atoms with E-state index in [4.69, 9.17) is 21.4 Å². The fourth-order valence-electron chi connectivity index (χ4n) is 1.36. The van der Waals surface area contributed by atoms with Gasteiger partial charge in [-0.05, 0) is 37.6 Å². The summed E-state index contributed by atoms with van der Waals surface area (Å²) < 4.78 is 5.34. The molecule has 0 aliphatic rings. The molecule has 1 aromatic carbocycles. The third-order valence-corrected chi connectivity index (χ3v) is 2.61. The Morgan fingerprint density at radius 1 is 1.39 bits per heavy atom. The summed E-state index contributed by atoms with van der Waals surface area (Å²) in [5.74, 6) is -1.23.